The third kappa shape index (κ3) is 21.4. The van der Waals surface area contributed by atoms with Crippen molar-refractivity contribution in [2.45, 2.75) is 130 Å². The Kier molecular flexibility index (Phi) is 19.4. The van der Waals surface area contributed by atoms with Crippen molar-refractivity contribution >= 4 is 5.97 Å². The Bertz CT molecular complexity index is 273. The third-order valence-electron chi connectivity index (χ3n) is 4.92. The van der Waals surface area contributed by atoms with E-state index < -0.39 is 0 Å². The summed E-state index contributed by atoms with van der Waals surface area (Å²) in [6.45, 7) is 7.46. The molecule has 150 valence electrons. The topological polar surface area (TPSA) is 26.3 Å². The molecule has 0 rings (SSSR count). The quantitative estimate of drug-likeness (QED) is 0.174. The number of unbranched alkanes of at least 4 members (excludes halogenated alkanes) is 13. The van der Waals surface area contributed by atoms with E-state index >= 15 is 0 Å². The smallest absolute Gasteiger partial charge is 0.305 e. The number of ether oxygens (including phenoxy) is 1. The van der Waals surface area contributed by atoms with Gasteiger partial charge in [-0.1, -0.05) is 111 Å². The van der Waals surface area contributed by atoms with E-state index in [4.69, 9.17) is 4.74 Å². The standard InChI is InChI=1S/C23H46O2/c1-4-5-6-7-8-9-10-11-15-18-21-25-23(24)20-17-14-12-13-16-19-22(2)3/h22H,4-21H2,1-3H3. The minimum atomic E-state index is 0.0121. The molecule has 0 spiro atoms. The second-order valence-electron chi connectivity index (χ2n) is 8.10. The molecule has 0 fully saturated rings. The van der Waals surface area contributed by atoms with Gasteiger partial charge in [-0.2, -0.15) is 0 Å². The van der Waals surface area contributed by atoms with E-state index in [2.05, 4.69) is 20.8 Å². The number of rotatable bonds is 19. The van der Waals surface area contributed by atoms with Crippen LogP contribution in [0.4, 0.5) is 0 Å². The lowest BCUT2D eigenvalue weighted by Gasteiger charge is -2.06. The van der Waals surface area contributed by atoms with Crippen LogP contribution >= 0.6 is 0 Å². The van der Waals surface area contributed by atoms with E-state index in [0.29, 0.717) is 13.0 Å². The number of carbonyl (C=O) groups excluding carboxylic acids is 1. The van der Waals surface area contributed by atoms with Crippen LogP contribution in [0.1, 0.15) is 130 Å². The summed E-state index contributed by atoms with van der Waals surface area (Å²) in [5.41, 5.74) is 0. The summed E-state index contributed by atoms with van der Waals surface area (Å²) >= 11 is 0. The molecule has 25 heavy (non-hydrogen) atoms. The second-order valence-corrected chi connectivity index (χ2v) is 8.10. The fourth-order valence-corrected chi connectivity index (χ4v) is 3.20. The molecule has 0 atom stereocenters. The van der Waals surface area contributed by atoms with Crippen LogP contribution in [0.5, 0.6) is 0 Å². The van der Waals surface area contributed by atoms with Crippen molar-refractivity contribution in [3.63, 3.8) is 0 Å². The van der Waals surface area contributed by atoms with Gasteiger partial charge in [-0.15, -0.1) is 0 Å². The molecule has 0 aromatic heterocycles. The summed E-state index contributed by atoms with van der Waals surface area (Å²) in [5.74, 6) is 0.832. The zero-order valence-electron chi connectivity index (χ0n) is 17.6. The van der Waals surface area contributed by atoms with Crippen LogP contribution in [-0.4, -0.2) is 12.6 Å². The predicted octanol–water partition coefficient (Wildman–Crippen LogP) is 7.84. The van der Waals surface area contributed by atoms with Gasteiger partial charge in [0.2, 0.25) is 0 Å². The molecule has 0 radical (unpaired) electrons. The summed E-state index contributed by atoms with van der Waals surface area (Å²) < 4.78 is 5.33. The summed E-state index contributed by atoms with van der Waals surface area (Å²) in [6.07, 6.45) is 21.2. The van der Waals surface area contributed by atoms with Crippen LogP contribution in [0.3, 0.4) is 0 Å². The Morgan fingerprint density at radius 2 is 1.16 bits per heavy atom. The molecule has 0 heterocycles. The van der Waals surface area contributed by atoms with Crippen LogP contribution < -0.4 is 0 Å². The Morgan fingerprint density at radius 3 is 1.72 bits per heavy atom. The minimum Gasteiger partial charge on any atom is -0.466 e. The monoisotopic (exact) mass is 354 g/mol. The zero-order chi connectivity index (χ0) is 18.6. The van der Waals surface area contributed by atoms with Crippen molar-refractivity contribution in [3.05, 3.63) is 0 Å². The van der Waals surface area contributed by atoms with Gasteiger partial charge in [-0.05, 0) is 18.8 Å². The van der Waals surface area contributed by atoms with Gasteiger partial charge in [0, 0.05) is 6.42 Å². The summed E-state index contributed by atoms with van der Waals surface area (Å²) in [4.78, 5) is 11.7. The van der Waals surface area contributed by atoms with Gasteiger partial charge in [-0.3, -0.25) is 4.79 Å². The molecule has 0 N–H and O–H groups in total. The van der Waals surface area contributed by atoms with E-state index in [-0.39, 0.29) is 5.97 Å². The highest BCUT2D eigenvalue weighted by atomic mass is 16.5. The maximum atomic E-state index is 11.7. The first kappa shape index (κ1) is 24.5. The average molecular weight is 355 g/mol. The Labute approximate surface area is 158 Å². The van der Waals surface area contributed by atoms with Gasteiger partial charge in [0.25, 0.3) is 0 Å². The Morgan fingerprint density at radius 1 is 0.680 bits per heavy atom. The van der Waals surface area contributed by atoms with Crippen LogP contribution in [0.25, 0.3) is 0 Å². The largest absolute Gasteiger partial charge is 0.466 e. The second kappa shape index (κ2) is 19.8. The summed E-state index contributed by atoms with van der Waals surface area (Å²) in [5, 5.41) is 0. The lowest BCUT2D eigenvalue weighted by atomic mass is 10.0. The summed E-state index contributed by atoms with van der Waals surface area (Å²) in [7, 11) is 0. The lowest BCUT2D eigenvalue weighted by molar-refractivity contribution is -0.143. The Balaban J connectivity index is 3.15. The number of hydrogen-bond donors (Lipinski definition) is 0. The number of carbonyl (C=O) groups is 1. The van der Waals surface area contributed by atoms with Crippen molar-refractivity contribution in [1.82, 2.24) is 0 Å². The van der Waals surface area contributed by atoms with Crippen LogP contribution in [0.2, 0.25) is 0 Å². The first-order valence-corrected chi connectivity index (χ1v) is 11.3. The van der Waals surface area contributed by atoms with Crippen molar-refractivity contribution in [2.24, 2.45) is 5.92 Å². The number of hydrogen-bond acceptors (Lipinski definition) is 2. The SMILES string of the molecule is CCCCCCCCCCCCOC(=O)CCCCCCCC(C)C. The van der Waals surface area contributed by atoms with Crippen LogP contribution in [0, 0.1) is 5.92 Å². The average Bonchev–Trinajstić information content (AvgIpc) is 2.58. The molecule has 0 amide bonds. The third-order valence-corrected chi connectivity index (χ3v) is 4.92. The molecule has 0 aromatic rings. The van der Waals surface area contributed by atoms with Crippen molar-refractivity contribution in [2.75, 3.05) is 6.61 Å². The molecule has 0 saturated heterocycles. The van der Waals surface area contributed by atoms with Gasteiger partial charge in [0.05, 0.1) is 6.61 Å². The lowest BCUT2D eigenvalue weighted by Crippen LogP contribution is -2.05. The fraction of sp³-hybridized carbons (Fsp3) is 0.957. The highest BCUT2D eigenvalue weighted by Gasteiger charge is 2.02. The molecule has 0 aromatic carbocycles. The van der Waals surface area contributed by atoms with E-state index in [9.17, 15) is 4.79 Å². The molecular formula is C23H46O2. The Hall–Kier alpha value is -0.530. The molecule has 0 unspecified atom stereocenters. The van der Waals surface area contributed by atoms with Gasteiger partial charge in [-0.25, -0.2) is 0 Å². The molecular weight excluding hydrogens is 308 g/mol. The summed E-state index contributed by atoms with van der Waals surface area (Å²) in [6, 6.07) is 0. The van der Waals surface area contributed by atoms with Crippen molar-refractivity contribution in [1.29, 1.82) is 0 Å². The molecule has 0 aliphatic carbocycles. The normalized spacial score (nSPS) is 11.2. The molecule has 0 saturated carbocycles. The first-order valence-electron chi connectivity index (χ1n) is 11.3. The van der Waals surface area contributed by atoms with Crippen LogP contribution in [0.15, 0.2) is 0 Å². The van der Waals surface area contributed by atoms with E-state index in [0.717, 1.165) is 18.8 Å². The highest BCUT2D eigenvalue weighted by molar-refractivity contribution is 5.69. The minimum absolute atomic E-state index is 0.0121. The van der Waals surface area contributed by atoms with Crippen molar-refractivity contribution < 1.29 is 9.53 Å². The van der Waals surface area contributed by atoms with Gasteiger partial charge >= 0.3 is 5.97 Å². The maximum absolute atomic E-state index is 11.7. The van der Waals surface area contributed by atoms with E-state index in [1.807, 2.05) is 0 Å². The molecule has 0 aliphatic heterocycles. The zero-order valence-corrected chi connectivity index (χ0v) is 17.6. The molecule has 0 bridgehead atoms. The van der Waals surface area contributed by atoms with Gasteiger partial charge in [0.15, 0.2) is 0 Å². The van der Waals surface area contributed by atoms with E-state index in [1.54, 1.807) is 0 Å². The van der Waals surface area contributed by atoms with Gasteiger partial charge < -0.3 is 4.74 Å². The first-order chi connectivity index (χ1) is 12.2. The molecule has 0 aliphatic rings. The van der Waals surface area contributed by atoms with E-state index in [1.165, 1.54) is 89.9 Å². The van der Waals surface area contributed by atoms with Crippen molar-refractivity contribution in [3.8, 4) is 0 Å². The van der Waals surface area contributed by atoms with Crippen LogP contribution in [-0.2, 0) is 9.53 Å². The fourth-order valence-electron chi connectivity index (χ4n) is 3.20. The highest BCUT2D eigenvalue weighted by Crippen LogP contribution is 2.12. The number of esters is 1. The molecule has 2 heteroatoms. The maximum Gasteiger partial charge on any atom is 0.305 e. The van der Waals surface area contributed by atoms with Gasteiger partial charge in [0.1, 0.15) is 0 Å². The predicted molar refractivity (Wildman–Crippen MR) is 110 cm³/mol. The molecule has 2 nitrogen and oxygen atoms in total.